The van der Waals surface area contributed by atoms with Crippen molar-refractivity contribution in [2.75, 3.05) is 0 Å². The molecule has 0 aliphatic rings. The van der Waals surface area contributed by atoms with Gasteiger partial charge in [-0.15, -0.1) is 0 Å². The topological polar surface area (TPSA) is 84.9 Å². The molecule has 0 saturated heterocycles. The highest BCUT2D eigenvalue weighted by molar-refractivity contribution is 6.36. The lowest BCUT2D eigenvalue weighted by Crippen LogP contribution is -2.00. The molecule has 1 rings (SSSR count). The van der Waals surface area contributed by atoms with E-state index in [0.717, 1.165) is 0 Å². The van der Waals surface area contributed by atoms with Crippen molar-refractivity contribution in [2.45, 2.75) is 0 Å². The number of nitrogens with one attached hydrogen (secondary N) is 1. The minimum atomic E-state index is -0.634. The van der Waals surface area contributed by atoms with E-state index in [-0.39, 0.29) is 11.3 Å². The number of phenolic OH excluding ortho intramolecular Hbond substituents is 1. The van der Waals surface area contributed by atoms with Crippen LogP contribution >= 0.6 is 0 Å². The normalized spacial score (nSPS) is 10.5. The van der Waals surface area contributed by atoms with Crippen LogP contribution in [0.15, 0.2) is 29.8 Å². The molecule has 0 atom stereocenters. The number of hydrogen-bond acceptors (Lipinski definition) is 4. The third-order valence-corrected chi connectivity index (χ3v) is 1.72. The minimum Gasteiger partial charge on any atom is -0.508 e. The first-order chi connectivity index (χ1) is 7.17. The second-order valence-electron chi connectivity index (χ2n) is 2.77. The molecule has 4 heteroatoms. The van der Waals surface area contributed by atoms with E-state index in [0.29, 0.717) is 11.8 Å². The van der Waals surface area contributed by atoms with Gasteiger partial charge in [-0.25, -0.2) is 0 Å². The van der Waals surface area contributed by atoms with Gasteiger partial charge in [-0.2, -0.15) is 5.26 Å². The summed E-state index contributed by atoms with van der Waals surface area (Å²) in [6, 6.07) is 7.77. The number of rotatable bonds is 3. The molecular formula is C11H8N2O2. The Morgan fingerprint density at radius 2 is 2.00 bits per heavy atom. The zero-order valence-electron chi connectivity index (χ0n) is 7.77. The van der Waals surface area contributed by atoms with Crippen molar-refractivity contribution >= 4 is 18.1 Å². The molecule has 15 heavy (non-hydrogen) atoms. The van der Waals surface area contributed by atoms with Gasteiger partial charge in [0, 0.05) is 0 Å². The standard InChI is InChI=1S/C11H8N2O2/c12-6-9(11(15)7-13)5-8-1-3-10(14)4-2-8/h1-5,7,13-14H. The van der Waals surface area contributed by atoms with Crippen molar-refractivity contribution in [3.8, 4) is 11.8 Å². The molecule has 0 fully saturated rings. The molecule has 0 heterocycles. The predicted octanol–water partition coefficient (Wildman–Crippen LogP) is 1.52. The van der Waals surface area contributed by atoms with E-state index in [1.54, 1.807) is 18.2 Å². The predicted molar refractivity (Wildman–Crippen MR) is 55.5 cm³/mol. The summed E-state index contributed by atoms with van der Waals surface area (Å²) >= 11 is 0. The van der Waals surface area contributed by atoms with Crippen molar-refractivity contribution in [3.05, 3.63) is 35.4 Å². The maximum absolute atomic E-state index is 11.0. The molecule has 0 saturated carbocycles. The Kier molecular flexibility index (Phi) is 3.36. The number of aromatic hydroxyl groups is 1. The number of benzene rings is 1. The van der Waals surface area contributed by atoms with Gasteiger partial charge in [-0.3, -0.25) is 4.79 Å². The summed E-state index contributed by atoms with van der Waals surface area (Å²) in [6.07, 6.45) is 1.96. The molecule has 0 amide bonds. The summed E-state index contributed by atoms with van der Waals surface area (Å²) in [4.78, 5) is 11.0. The highest BCUT2D eigenvalue weighted by atomic mass is 16.3. The summed E-state index contributed by atoms with van der Waals surface area (Å²) in [5.74, 6) is -0.519. The van der Waals surface area contributed by atoms with Gasteiger partial charge in [-0.05, 0) is 23.8 Å². The van der Waals surface area contributed by atoms with E-state index < -0.39 is 5.78 Å². The highest BCUT2D eigenvalue weighted by Crippen LogP contribution is 2.12. The van der Waals surface area contributed by atoms with Crippen molar-refractivity contribution in [1.29, 1.82) is 10.7 Å². The Balaban J connectivity index is 3.05. The number of Topliss-reactive ketones (excluding diaryl/α,β-unsaturated/α-hetero) is 1. The number of carbonyl (C=O) groups is 1. The van der Waals surface area contributed by atoms with Crippen molar-refractivity contribution < 1.29 is 9.90 Å². The van der Waals surface area contributed by atoms with Crippen molar-refractivity contribution in [2.24, 2.45) is 0 Å². The Bertz CT molecular complexity index is 452. The largest absolute Gasteiger partial charge is 0.508 e. The van der Waals surface area contributed by atoms with Gasteiger partial charge in [0.15, 0.2) is 0 Å². The Morgan fingerprint density at radius 1 is 1.40 bits per heavy atom. The van der Waals surface area contributed by atoms with Crippen LogP contribution in [0.5, 0.6) is 5.75 Å². The molecule has 0 spiro atoms. The number of hydrogen-bond donors (Lipinski definition) is 2. The van der Waals surface area contributed by atoms with Crippen LogP contribution in [0.1, 0.15) is 5.56 Å². The average Bonchev–Trinajstić information content (AvgIpc) is 2.27. The molecule has 0 bridgehead atoms. The van der Waals surface area contributed by atoms with Gasteiger partial charge in [0.25, 0.3) is 0 Å². The van der Waals surface area contributed by atoms with Crippen molar-refractivity contribution in [1.82, 2.24) is 0 Å². The lowest BCUT2D eigenvalue weighted by Gasteiger charge is -1.95. The quantitative estimate of drug-likeness (QED) is 0.440. The first-order valence-corrected chi connectivity index (χ1v) is 4.13. The average molecular weight is 200 g/mol. The van der Waals surface area contributed by atoms with E-state index >= 15 is 0 Å². The maximum atomic E-state index is 11.0. The zero-order valence-corrected chi connectivity index (χ0v) is 7.77. The number of phenols is 1. The van der Waals surface area contributed by atoms with Crippen LogP contribution in [0, 0.1) is 16.7 Å². The fraction of sp³-hybridized carbons (Fsp3) is 0. The summed E-state index contributed by atoms with van der Waals surface area (Å²) in [5, 5.41) is 24.4. The van der Waals surface area contributed by atoms with Gasteiger partial charge >= 0.3 is 0 Å². The third-order valence-electron chi connectivity index (χ3n) is 1.72. The number of nitriles is 1. The summed E-state index contributed by atoms with van der Waals surface area (Å²) in [6.45, 7) is 0. The number of carbonyl (C=O) groups excluding carboxylic acids is 1. The smallest absolute Gasteiger partial charge is 0.213 e. The second-order valence-corrected chi connectivity index (χ2v) is 2.77. The first-order valence-electron chi connectivity index (χ1n) is 4.13. The van der Waals surface area contributed by atoms with E-state index in [1.807, 2.05) is 0 Å². The fourth-order valence-electron chi connectivity index (χ4n) is 0.973. The van der Waals surface area contributed by atoms with Crippen LogP contribution in [0.4, 0.5) is 0 Å². The Morgan fingerprint density at radius 3 is 2.47 bits per heavy atom. The molecule has 0 unspecified atom stereocenters. The Labute approximate surface area is 86.6 Å². The van der Waals surface area contributed by atoms with Crippen molar-refractivity contribution in [3.63, 3.8) is 0 Å². The lowest BCUT2D eigenvalue weighted by atomic mass is 10.1. The van der Waals surface area contributed by atoms with E-state index in [4.69, 9.17) is 15.8 Å². The fourth-order valence-corrected chi connectivity index (χ4v) is 0.973. The van der Waals surface area contributed by atoms with E-state index in [2.05, 4.69) is 0 Å². The monoisotopic (exact) mass is 200 g/mol. The zero-order chi connectivity index (χ0) is 11.3. The van der Waals surface area contributed by atoms with Gasteiger partial charge in [0.05, 0.1) is 6.21 Å². The van der Waals surface area contributed by atoms with Crippen LogP contribution in [0.2, 0.25) is 0 Å². The Hall–Kier alpha value is -2.41. The molecule has 0 radical (unpaired) electrons. The van der Waals surface area contributed by atoms with Gasteiger partial charge in [-0.1, -0.05) is 12.1 Å². The maximum Gasteiger partial charge on any atom is 0.213 e. The molecule has 4 nitrogen and oxygen atoms in total. The molecule has 1 aromatic rings. The number of nitrogens with zero attached hydrogens (tertiary/aromatic N) is 1. The van der Waals surface area contributed by atoms with Crippen LogP contribution < -0.4 is 0 Å². The third kappa shape index (κ3) is 2.78. The minimum absolute atomic E-state index is 0.101. The SMILES string of the molecule is N#CC(=Cc1ccc(O)cc1)C(=O)C=N. The molecule has 1 aromatic carbocycles. The number of ketones is 1. The summed E-state index contributed by atoms with van der Waals surface area (Å²) in [5.41, 5.74) is 0.523. The van der Waals surface area contributed by atoms with E-state index in [1.165, 1.54) is 18.2 Å². The van der Waals surface area contributed by atoms with Crippen LogP contribution in [0.3, 0.4) is 0 Å². The summed E-state index contributed by atoms with van der Waals surface area (Å²) < 4.78 is 0. The second kappa shape index (κ2) is 4.72. The van der Waals surface area contributed by atoms with Gasteiger partial charge in [0.2, 0.25) is 5.78 Å². The number of allylic oxidation sites excluding steroid dienone is 1. The molecule has 0 aromatic heterocycles. The molecule has 0 aliphatic heterocycles. The van der Waals surface area contributed by atoms with Crippen LogP contribution in [-0.4, -0.2) is 17.1 Å². The van der Waals surface area contributed by atoms with Crippen LogP contribution in [0.25, 0.3) is 6.08 Å². The highest BCUT2D eigenvalue weighted by Gasteiger charge is 2.04. The summed E-state index contributed by atoms with van der Waals surface area (Å²) in [7, 11) is 0. The van der Waals surface area contributed by atoms with E-state index in [9.17, 15) is 4.79 Å². The molecule has 74 valence electrons. The first kappa shape index (κ1) is 10.7. The van der Waals surface area contributed by atoms with Crippen LogP contribution in [-0.2, 0) is 4.79 Å². The lowest BCUT2D eigenvalue weighted by molar-refractivity contribution is -0.109. The molecule has 2 N–H and O–H groups in total. The molecular weight excluding hydrogens is 192 g/mol. The van der Waals surface area contributed by atoms with Gasteiger partial charge < -0.3 is 10.5 Å². The van der Waals surface area contributed by atoms with Gasteiger partial charge in [0.1, 0.15) is 17.4 Å². The molecule has 0 aliphatic carbocycles.